The van der Waals surface area contributed by atoms with Crippen LogP contribution in [0.15, 0.2) is 79.0 Å². The number of nitrogens with one attached hydrogen (secondary N) is 1. The molecule has 0 fully saturated rings. The summed E-state index contributed by atoms with van der Waals surface area (Å²) >= 11 is 0. The molecular formula is C18H14N2O. The number of hydrogen-bond acceptors (Lipinski definition) is 2. The van der Waals surface area contributed by atoms with Crippen LogP contribution in [0.3, 0.4) is 0 Å². The fraction of sp³-hybridized carbons (Fsp3) is 0. The Morgan fingerprint density at radius 1 is 0.810 bits per heavy atom. The molecule has 21 heavy (non-hydrogen) atoms. The van der Waals surface area contributed by atoms with Crippen LogP contribution in [0.1, 0.15) is 10.4 Å². The van der Waals surface area contributed by atoms with Gasteiger partial charge in [0.25, 0.3) is 5.91 Å². The number of carbonyl (C=O) groups is 1. The highest BCUT2D eigenvalue weighted by atomic mass is 16.1. The van der Waals surface area contributed by atoms with E-state index >= 15 is 0 Å². The third kappa shape index (κ3) is 3.15. The van der Waals surface area contributed by atoms with Crippen LogP contribution in [-0.2, 0) is 0 Å². The molecule has 1 N–H and O–H groups in total. The van der Waals surface area contributed by atoms with Crippen molar-refractivity contribution in [2.75, 3.05) is 5.32 Å². The topological polar surface area (TPSA) is 42.0 Å². The minimum Gasteiger partial charge on any atom is -0.307 e. The molecule has 0 aliphatic carbocycles. The molecule has 1 heterocycles. The van der Waals surface area contributed by atoms with Crippen molar-refractivity contribution in [3.63, 3.8) is 0 Å². The van der Waals surface area contributed by atoms with Crippen LogP contribution in [0, 0.1) is 0 Å². The van der Waals surface area contributed by atoms with Gasteiger partial charge < -0.3 is 5.32 Å². The molecule has 0 atom stereocenters. The molecule has 1 amide bonds. The van der Waals surface area contributed by atoms with Crippen molar-refractivity contribution in [3.8, 4) is 11.1 Å². The quantitative estimate of drug-likeness (QED) is 0.784. The second-order valence-corrected chi connectivity index (χ2v) is 4.62. The fourth-order valence-corrected chi connectivity index (χ4v) is 2.09. The number of benzene rings is 2. The number of carbonyl (C=O) groups excluding carboxylic acids is 1. The van der Waals surface area contributed by atoms with E-state index in [1.54, 1.807) is 18.3 Å². The minimum absolute atomic E-state index is 0.159. The summed E-state index contributed by atoms with van der Waals surface area (Å²) in [5.41, 5.74) is 2.73. The predicted molar refractivity (Wildman–Crippen MR) is 84.1 cm³/mol. The molecule has 1 aromatic heterocycles. The molecule has 3 aromatic rings. The Morgan fingerprint density at radius 3 is 2.19 bits per heavy atom. The molecule has 0 spiro atoms. The summed E-state index contributed by atoms with van der Waals surface area (Å²) < 4.78 is 0. The van der Waals surface area contributed by atoms with Crippen molar-refractivity contribution in [1.29, 1.82) is 0 Å². The molecule has 0 radical (unpaired) electrons. The van der Waals surface area contributed by atoms with E-state index in [0.717, 1.165) is 11.1 Å². The molecule has 3 heteroatoms. The van der Waals surface area contributed by atoms with Crippen molar-refractivity contribution in [2.24, 2.45) is 0 Å². The summed E-state index contributed by atoms with van der Waals surface area (Å²) in [5, 5.41) is 2.82. The lowest BCUT2D eigenvalue weighted by molar-refractivity contribution is 0.102. The predicted octanol–water partition coefficient (Wildman–Crippen LogP) is 4.00. The number of nitrogens with zero attached hydrogens (tertiary/aromatic N) is 1. The maximum atomic E-state index is 12.1. The van der Waals surface area contributed by atoms with Gasteiger partial charge in [-0.15, -0.1) is 0 Å². The van der Waals surface area contributed by atoms with Crippen molar-refractivity contribution < 1.29 is 4.79 Å². The molecule has 0 aliphatic heterocycles. The van der Waals surface area contributed by atoms with Gasteiger partial charge in [0.05, 0.1) is 0 Å². The van der Waals surface area contributed by atoms with E-state index in [1.165, 1.54) is 0 Å². The summed E-state index contributed by atoms with van der Waals surface area (Å²) in [4.78, 5) is 16.3. The van der Waals surface area contributed by atoms with Gasteiger partial charge in [-0.3, -0.25) is 4.79 Å². The van der Waals surface area contributed by atoms with Gasteiger partial charge >= 0.3 is 0 Å². The van der Waals surface area contributed by atoms with Crippen LogP contribution in [0.4, 0.5) is 5.82 Å². The SMILES string of the molecule is O=C(Nc1cc(-c2ccccc2)ccn1)c1ccccc1. The lowest BCUT2D eigenvalue weighted by Gasteiger charge is -2.07. The van der Waals surface area contributed by atoms with Crippen LogP contribution in [0.25, 0.3) is 11.1 Å². The first-order valence-corrected chi connectivity index (χ1v) is 6.71. The van der Waals surface area contributed by atoms with E-state index in [2.05, 4.69) is 10.3 Å². The largest absolute Gasteiger partial charge is 0.307 e. The Balaban J connectivity index is 1.83. The van der Waals surface area contributed by atoms with Crippen molar-refractivity contribution in [1.82, 2.24) is 4.98 Å². The summed E-state index contributed by atoms with van der Waals surface area (Å²) in [6, 6.07) is 22.9. The van der Waals surface area contributed by atoms with E-state index in [1.807, 2.05) is 60.7 Å². The maximum Gasteiger partial charge on any atom is 0.256 e. The normalized spacial score (nSPS) is 10.1. The third-order valence-electron chi connectivity index (χ3n) is 3.14. The second kappa shape index (κ2) is 6.01. The van der Waals surface area contributed by atoms with Gasteiger partial charge in [0.2, 0.25) is 0 Å². The monoisotopic (exact) mass is 274 g/mol. The van der Waals surface area contributed by atoms with Crippen LogP contribution < -0.4 is 5.32 Å². The molecule has 0 saturated heterocycles. The number of anilines is 1. The van der Waals surface area contributed by atoms with Gasteiger partial charge in [-0.1, -0.05) is 48.5 Å². The highest BCUT2D eigenvalue weighted by molar-refractivity contribution is 6.03. The lowest BCUT2D eigenvalue weighted by Crippen LogP contribution is -2.12. The molecule has 0 aliphatic rings. The molecule has 0 bridgehead atoms. The summed E-state index contributed by atoms with van der Waals surface area (Å²) in [6.45, 7) is 0. The Hall–Kier alpha value is -2.94. The Labute approximate surface area is 123 Å². The molecule has 3 rings (SSSR count). The van der Waals surface area contributed by atoms with Gasteiger partial charge in [-0.05, 0) is 35.4 Å². The highest BCUT2D eigenvalue weighted by Crippen LogP contribution is 2.20. The molecule has 102 valence electrons. The van der Waals surface area contributed by atoms with E-state index < -0.39 is 0 Å². The number of rotatable bonds is 3. The zero-order valence-corrected chi connectivity index (χ0v) is 11.4. The summed E-state index contributed by atoms with van der Waals surface area (Å²) in [7, 11) is 0. The van der Waals surface area contributed by atoms with Gasteiger partial charge in [-0.25, -0.2) is 4.98 Å². The number of hydrogen-bond donors (Lipinski definition) is 1. The van der Waals surface area contributed by atoms with Crippen LogP contribution in [-0.4, -0.2) is 10.9 Å². The Morgan fingerprint density at radius 2 is 1.48 bits per heavy atom. The zero-order chi connectivity index (χ0) is 14.5. The van der Waals surface area contributed by atoms with Crippen LogP contribution in [0.2, 0.25) is 0 Å². The van der Waals surface area contributed by atoms with E-state index in [-0.39, 0.29) is 5.91 Å². The average Bonchev–Trinajstić information content (AvgIpc) is 2.57. The smallest absolute Gasteiger partial charge is 0.256 e. The Kier molecular flexibility index (Phi) is 3.74. The molecule has 0 saturated carbocycles. The molecular weight excluding hydrogens is 260 g/mol. The molecule has 2 aromatic carbocycles. The maximum absolute atomic E-state index is 12.1. The second-order valence-electron chi connectivity index (χ2n) is 4.62. The van der Waals surface area contributed by atoms with Crippen LogP contribution in [0.5, 0.6) is 0 Å². The van der Waals surface area contributed by atoms with Gasteiger partial charge in [0.15, 0.2) is 0 Å². The first-order chi connectivity index (χ1) is 10.3. The van der Waals surface area contributed by atoms with Crippen molar-refractivity contribution in [3.05, 3.63) is 84.6 Å². The standard InChI is InChI=1S/C18H14N2O/c21-18(15-9-5-2-6-10-15)20-17-13-16(11-12-19-17)14-7-3-1-4-8-14/h1-13H,(H,19,20,21). The first kappa shape index (κ1) is 13.1. The van der Waals surface area contributed by atoms with Gasteiger partial charge in [0.1, 0.15) is 5.82 Å². The van der Waals surface area contributed by atoms with E-state index in [0.29, 0.717) is 11.4 Å². The number of pyridine rings is 1. The van der Waals surface area contributed by atoms with E-state index in [9.17, 15) is 4.79 Å². The lowest BCUT2D eigenvalue weighted by atomic mass is 10.1. The fourth-order valence-electron chi connectivity index (χ4n) is 2.09. The number of amides is 1. The molecule has 3 nitrogen and oxygen atoms in total. The van der Waals surface area contributed by atoms with Gasteiger partial charge in [-0.2, -0.15) is 0 Å². The molecule has 0 unspecified atom stereocenters. The van der Waals surface area contributed by atoms with Crippen molar-refractivity contribution in [2.45, 2.75) is 0 Å². The zero-order valence-electron chi connectivity index (χ0n) is 11.4. The minimum atomic E-state index is -0.159. The average molecular weight is 274 g/mol. The van der Waals surface area contributed by atoms with E-state index in [4.69, 9.17) is 0 Å². The highest BCUT2D eigenvalue weighted by Gasteiger charge is 2.06. The van der Waals surface area contributed by atoms with Crippen molar-refractivity contribution >= 4 is 11.7 Å². The summed E-state index contributed by atoms with van der Waals surface area (Å²) in [6.07, 6.45) is 1.70. The summed E-state index contributed by atoms with van der Waals surface area (Å²) in [5.74, 6) is 0.388. The Bertz CT molecular complexity index is 739. The number of aromatic nitrogens is 1. The van der Waals surface area contributed by atoms with Crippen LogP contribution >= 0.6 is 0 Å². The van der Waals surface area contributed by atoms with Gasteiger partial charge in [0, 0.05) is 11.8 Å². The first-order valence-electron chi connectivity index (χ1n) is 6.71. The third-order valence-corrected chi connectivity index (χ3v) is 3.14.